The van der Waals surface area contributed by atoms with Crippen molar-refractivity contribution in [3.8, 4) is 17.2 Å². The molecule has 0 saturated carbocycles. The molecule has 1 aromatic carbocycles. The maximum absolute atomic E-state index is 15.3. The van der Waals surface area contributed by atoms with Gasteiger partial charge in [-0.3, -0.25) is 14.7 Å². The van der Waals surface area contributed by atoms with Crippen LogP contribution in [-0.2, 0) is 4.74 Å². The molecule has 2 aliphatic heterocycles. The zero-order chi connectivity index (χ0) is 25.4. The summed E-state index contributed by atoms with van der Waals surface area (Å²) in [5, 5.41) is 9.70. The highest BCUT2D eigenvalue weighted by atomic mass is 19.1. The minimum absolute atomic E-state index is 0.0403. The van der Waals surface area contributed by atoms with Crippen molar-refractivity contribution in [3.63, 3.8) is 0 Å². The number of nitrogens with zero attached hydrogens (tertiary/aromatic N) is 7. The molecule has 0 atom stereocenters. The summed E-state index contributed by atoms with van der Waals surface area (Å²) >= 11 is 0. The molecule has 4 aromatic rings. The molecule has 3 aromatic heterocycles. The maximum Gasteiger partial charge on any atom is 0.269 e. The second-order valence-corrected chi connectivity index (χ2v) is 9.48. The van der Waals surface area contributed by atoms with Crippen LogP contribution in [-0.4, -0.2) is 70.4 Å². The Morgan fingerprint density at radius 2 is 1.78 bits per heavy atom. The molecule has 37 heavy (non-hydrogen) atoms. The molecule has 2 saturated heterocycles. The highest BCUT2D eigenvalue weighted by Crippen LogP contribution is 2.33. The van der Waals surface area contributed by atoms with Gasteiger partial charge < -0.3 is 14.2 Å². The molecule has 188 valence electrons. The van der Waals surface area contributed by atoms with Crippen molar-refractivity contribution < 1.29 is 9.13 Å². The quantitative estimate of drug-likeness (QED) is 0.312. The van der Waals surface area contributed by atoms with E-state index < -0.39 is 5.82 Å². The van der Waals surface area contributed by atoms with E-state index in [9.17, 15) is 4.79 Å². The van der Waals surface area contributed by atoms with Crippen LogP contribution in [0.15, 0.2) is 47.7 Å². The number of hydrogen-bond donors (Lipinski definition) is 0. The second kappa shape index (κ2) is 9.84. The van der Waals surface area contributed by atoms with Gasteiger partial charge >= 0.3 is 0 Å². The summed E-state index contributed by atoms with van der Waals surface area (Å²) in [5.41, 5.74) is 2.57. The largest absolute Gasteiger partial charge is 0.378 e. The average molecular weight is 500 g/mol. The van der Waals surface area contributed by atoms with Crippen molar-refractivity contribution in [1.29, 1.82) is 5.26 Å². The van der Waals surface area contributed by atoms with Gasteiger partial charge in [0.2, 0.25) is 0 Å². The van der Waals surface area contributed by atoms with Gasteiger partial charge in [-0.2, -0.15) is 5.26 Å². The van der Waals surface area contributed by atoms with Crippen LogP contribution >= 0.6 is 0 Å². The molecule has 5 heterocycles. The number of anilines is 1. The Labute approximate surface area is 212 Å². The van der Waals surface area contributed by atoms with Gasteiger partial charge in [0, 0.05) is 61.0 Å². The molecular weight excluding hydrogens is 473 g/mol. The van der Waals surface area contributed by atoms with Gasteiger partial charge in [-0.05, 0) is 31.0 Å². The topological polar surface area (TPSA) is 100 Å². The molecule has 0 aliphatic carbocycles. The van der Waals surface area contributed by atoms with E-state index in [2.05, 4.69) is 30.8 Å². The SMILES string of the molecule is N#CCN1CCC(n2c(=O)cnc3cnc4cc(F)c(-c5ccc(N6CCOCC6)nc5)cc4c32)CC1. The molecule has 2 fully saturated rings. The van der Waals surface area contributed by atoms with E-state index in [-0.39, 0.29) is 11.6 Å². The van der Waals surface area contributed by atoms with Crippen molar-refractivity contribution in [3.05, 3.63) is 59.0 Å². The maximum atomic E-state index is 15.3. The minimum atomic E-state index is -0.400. The van der Waals surface area contributed by atoms with Crippen LogP contribution in [0, 0.1) is 17.1 Å². The average Bonchev–Trinajstić information content (AvgIpc) is 2.94. The van der Waals surface area contributed by atoms with E-state index in [1.165, 1.54) is 12.3 Å². The molecule has 0 radical (unpaired) electrons. The third-order valence-electron chi connectivity index (χ3n) is 7.31. The van der Waals surface area contributed by atoms with Crippen LogP contribution in [0.25, 0.3) is 33.1 Å². The summed E-state index contributed by atoms with van der Waals surface area (Å²) in [6, 6.07) is 9.10. The summed E-state index contributed by atoms with van der Waals surface area (Å²) in [4.78, 5) is 30.7. The fraction of sp³-hybridized carbons (Fsp3) is 0.370. The lowest BCUT2D eigenvalue weighted by Crippen LogP contribution is -2.37. The third-order valence-corrected chi connectivity index (χ3v) is 7.31. The van der Waals surface area contributed by atoms with E-state index in [1.807, 2.05) is 12.1 Å². The van der Waals surface area contributed by atoms with Crippen LogP contribution < -0.4 is 10.5 Å². The van der Waals surface area contributed by atoms with Gasteiger partial charge in [-0.1, -0.05) is 0 Å². The fourth-order valence-electron chi connectivity index (χ4n) is 5.38. The van der Waals surface area contributed by atoms with Gasteiger partial charge in [-0.15, -0.1) is 0 Å². The molecule has 0 unspecified atom stereocenters. The van der Waals surface area contributed by atoms with Crippen molar-refractivity contribution in [2.24, 2.45) is 0 Å². The summed E-state index contributed by atoms with van der Waals surface area (Å²) in [7, 11) is 0. The Morgan fingerprint density at radius 1 is 1.00 bits per heavy atom. The summed E-state index contributed by atoms with van der Waals surface area (Å²) in [5.74, 6) is 0.434. The van der Waals surface area contributed by atoms with E-state index >= 15 is 4.39 Å². The van der Waals surface area contributed by atoms with E-state index in [0.29, 0.717) is 52.8 Å². The number of benzene rings is 1. The number of fused-ring (bicyclic) bond motifs is 3. The Balaban J connectivity index is 1.44. The summed E-state index contributed by atoms with van der Waals surface area (Å²) < 4.78 is 22.5. The molecular formula is C27H26FN7O2. The third kappa shape index (κ3) is 4.41. The van der Waals surface area contributed by atoms with Gasteiger partial charge in [0.15, 0.2) is 0 Å². The summed E-state index contributed by atoms with van der Waals surface area (Å²) in [6.45, 7) is 4.72. The van der Waals surface area contributed by atoms with Crippen molar-refractivity contribution in [2.45, 2.75) is 18.9 Å². The molecule has 6 rings (SSSR count). The molecule has 2 aliphatic rings. The fourth-order valence-corrected chi connectivity index (χ4v) is 5.38. The summed E-state index contributed by atoms with van der Waals surface area (Å²) in [6.07, 6.45) is 6.09. The second-order valence-electron chi connectivity index (χ2n) is 9.48. The number of halogens is 1. The number of aromatic nitrogens is 4. The Morgan fingerprint density at radius 3 is 2.51 bits per heavy atom. The lowest BCUT2D eigenvalue weighted by molar-refractivity contribution is 0.122. The lowest BCUT2D eigenvalue weighted by Gasteiger charge is -2.32. The number of morpholine rings is 1. The highest BCUT2D eigenvalue weighted by molar-refractivity contribution is 6.03. The number of nitriles is 1. The van der Waals surface area contributed by atoms with E-state index in [4.69, 9.17) is 10.00 Å². The van der Waals surface area contributed by atoms with E-state index in [1.54, 1.807) is 23.0 Å². The lowest BCUT2D eigenvalue weighted by atomic mass is 10.0. The Hall–Kier alpha value is -3.94. The number of ether oxygens (including phenoxy) is 1. The molecule has 0 amide bonds. The van der Waals surface area contributed by atoms with Crippen LogP contribution in [0.1, 0.15) is 18.9 Å². The standard InChI is InChI=1S/C27H26FN7O2/c28-22-14-23-21(13-20(22)18-1-2-25(32-15-18)34-9-11-37-12-10-34)27-24(16-30-23)31-17-26(36)35(27)19-3-6-33(7-4-19)8-5-29/h1-2,13-17,19H,3-4,6-12H2. The van der Waals surface area contributed by atoms with Gasteiger partial charge in [-0.25, -0.2) is 14.4 Å². The number of likely N-dealkylation sites (tertiary alicyclic amines) is 1. The van der Waals surface area contributed by atoms with Crippen molar-refractivity contribution >= 4 is 27.8 Å². The van der Waals surface area contributed by atoms with E-state index in [0.717, 1.165) is 44.8 Å². The highest BCUT2D eigenvalue weighted by Gasteiger charge is 2.24. The normalized spacial score (nSPS) is 17.4. The molecule has 0 spiro atoms. The van der Waals surface area contributed by atoms with Gasteiger partial charge in [0.05, 0.1) is 49.3 Å². The van der Waals surface area contributed by atoms with Gasteiger partial charge in [0.1, 0.15) is 17.2 Å². The first kappa shape index (κ1) is 23.5. The molecule has 0 N–H and O–H groups in total. The minimum Gasteiger partial charge on any atom is -0.378 e. The van der Waals surface area contributed by atoms with Crippen LogP contribution in [0.2, 0.25) is 0 Å². The zero-order valence-corrected chi connectivity index (χ0v) is 20.3. The molecule has 10 heteroatoms. The van der Waals surface area contributed by atoms with Gasteiger partial charge in [0.25, 0.3) is 5.56 Å². The van der Waals surface area contributed by atoms with Crippen LogP contribution in [0.3, 0.4) is 0 Å². The number of piperidine rings is 1. The number of rotatable bonds is 4. The van der Waals surface area contributed by atoms with Crippen molar-refractivity contribution in [1.82, 2.24) is 24.4 Å². The first-order chi connectivity index (χ1) is 18.1. The monoisotopic (exact) mass is 499 g/mol. The molecule has 9 nitrogen and oxygen atoms in total. The Kier molecular flexibility index (Phi) is 6.24. The smallest absolute Gasteiger partial charge is 0.269 e. The van der Waals surface area contributed by atoms with Crippen LogP contribution in [0.5, 0.6) is 0 Å². The predicted molar refractivity (Wildman–Crippen MR) is 138 cm³/mol. The number of hydrogen-bond acceptors (Lipinski definition) is 8. The van der Waals surface area contributed by atoms with Crippen LogP contribution in [0.4, 0.5) is 10.2 Å². The predicted octanol–water partition coefficient (Wildman–Crippen LogP) is 3.14. The zero-order valence-electron chi connectivity index (χ0n) is 20.3. The number of pyridine rings is 2. The first-order valence-electron chi connectivity index (χ1n) is 12.5. The Bertz CT molecular complexity index is 1550. The first-order valence-corrected chi connectivity index (χ1v) is 12.5. The molecule has 0 bridgehead atoms. The van der Waals surface area contributed by atoms with Crippen molar-refractivity contribution in [2.75, 3.05) is 50.8 Å².